The van der Waals surface area contributed by atoms with Crippen molar-refractivity contribution in [3.05, 3.63) is 71.8 Å². The van der Waals surface area contributed by atoms with Crippen molar-refractivity contribution in [3.63, 3.8) is 0 Å². The monoisotopic (exact) mass is 711 g/mol. The number of aromatic nitrogens is 3. The molecule has 2 atom stereocenters. The molecule has 0 spiro atoms. The quantitative estimate of drug-likeness (QED) is 0.186. The second kappa shape index (κ2) is 13.7. The number of ether oxygens (including phenoxy) is 2. The van der Waals surface area contributed by atoms with Crippen LogP contribution in [0.2, 0.25) is 0 Å². The second-order valence-corrected chi connectivity index (χ2v) is 16.1. The summed E-state index contributed by atoms with van der Waals surface area (Å²) in [7, 11) is -4.05. The van der Waals surface area contributed by atoms with Crippen LogP contribution in [0.1, 0.15) is 57.6 Å². The van der Waals surface area contributed by atoms with E-state index in [1.54, 1.807) is 54.5 Å². The predicted octanol–water partition coefficient (Wildman–Crippen LogP) is 7.70. The van der Waals surface area contributed by atoms with E-state index in [2.05, 4.69) is 15.3 Å². The maximum Gasteiger partial charge on any atom is 0.410 e. The smallest absolute Gasteiger partial charge is 0.410 e. The standard InChI is InChI=1S/C36H40F3N5O5S/c1-22-9-10-25-26(11-12-29(37)28(25)21-50(46,47)20-23-13-15-36(23,38)39)31(22)48-32-27(8-5-16-40-32)30-14-17-41-33(43-30)42-24-7-6-18-44(19-24)34(45)49-35(2,3)4/h5,8-12,14,16-17,23-24H,6-7,13,15,18-21H2,1-4H3,(H,41,42,43)/t23?,24-/m0/s1. The molecule has 266 valence electrons. The van der Waals surface area contributed by atoms with Crippen LogP contribution in [0.3, 0.4) is 0 Å². The van der Waals surface area contributed by atoms with Gasteiger partial charge in [0.2, 0.25) is 11.8 Å². The topological polar surface area (TPSA) is 124 Å². The normalized spacial score (nSPS) is 19.1. The van der Waals surface area contributed by atoms with Gasteiger partial charge in [-0.1, -0.05) is 12.1 Å². The molecular weight excluding hydrogens is 671 g/mol. The molecule has 1 unspecified atom stereocenters. The van der Waals surface area contributed by atoms with E-state index in [0.29, 0.717) is 52.4 Å². The Morgan fingerprint density at radius 3 is 2.56 bits per heavy atom. The third kappa shape index (κ3) is 7.95. The van der Waals surface area contributed by atoms with E-state index in [1.807, 2.05) is 20.8 Å². The highest BCUT2D eigenvalue weighted by Crippen LogP contribution is 2.45. The number of rotatable bonds is 9. The summed E-state index contributed by atoms with van der Waals surface area (Å²) in [5.74, 6) is -5.56. The Balaban J connectivity index is 1.25. The first-order valence-electron chi connectivity index (χ1n) is 16.6. The van der Waals surface area contributed by atoms with E-state index in [1.165, 1.54) is 6.07 Å². The van der Waals surface area contributed by atoms with E-state index < -0.39 is 44.6 Å². The maximum absolute atomic E-state index is 15.2. The number of likely N-dealkylation sites (tertiary alicyclic amines) is 1. The molecule has 3 heterocycles. The van der Waals surface area contributed by atoms with Crippen molar-refractivity contribution in [1.82, 2.24) is 19.9 Å². The summed E-state index contributed by atoms with van der Waals surface area (Å²) in [5.41, 5.74) is 1.03. The molecule has 2 aliphatic rings. The summed E-state index contributed by atoms with van der Waals surface area (Å²) in [6.07, 6.45) is 4.17. The van der Waals surface area contributed by atoms with Gasteiger partial charge in [-0.05, 0) is 88.2 Å². The van der Waals surface area contributed by atoms with Crippen LogP contribution < -0.4 is 10.1 Å². The molecule has 50 heavy (non-hydrogen) atoms. The van der Waals surface area contributed by atoms with Crippen LogP contribution in [-0.4, -0.2) is 70.8 Å². The third-order valence-corrected chi connectivity index (χ3v) is 10.6. The molecule has 2 fully saturated rings. The number of benzene rings is 2. The van der Waals surface area contributed by atoms with Crippen LogP contribution in [0.4, 0.5) is 23.9 Å². The van der Waals surface area contributed by atoms with Crippen LogP contribution >= 0.6 is 0 Å². The highest BCUT2D eigenvalue weighted by atomic mass is 32.2. The van der Waals surface area contributed by atoms with Gasteiger partial charge in [-0.25, -0.2) is 41.3 Å². The largest absolute Gasteiger partial charge is 0.444 e. The molecule has 1 saturated heterocycles. The van der Waals surface area contributed by atoms with Gasteiger partial charge in [0.1, 0.15) is 17.2 Å². The van der Waals surface area contributed by atoms with Crippen molar-refractivity contribution in [2.45, 2.75) is 76.7 Å². The van der Waals surface area contributed by atoms with Gasteiger partial charge in [-0.15, -0.1) is 0 Å². The Kier molecular flexibility index (Phi) is 9.68. The summed E-state index contributed by atoms with van der Waals surface area (Å²) < 4.78 is 80.9. The van der Waals surface area contributed by atoms with Gasteiger partial charge in [0, 0.05) is 54.8 Å². The lowest BCUT2D eigenvalue weighted by molar-refractivity contribution is -0.122. The number of anilines is 1. The average Bonchev–Trinajstić information content (AvgIpc) is 3.05. The van der Waals surface area contributed by atoms with Gasteiger partial charge in [-0.2, -0.15) is 0 Å². The SMILES string of the molecule is Cc1ccc2c(CS(=O)(=O)CC3CCC3(F)F)c(F)ccc2c1Oc1ncccc1-c1ccnc(N[C@H]2CCCN(C(=O)OC(C)(C)C)C2)n1. The van der Waals surface area contributed by atoms with Gasteiger partial charge in [0.25, 0.3) is 5.92 Å². The number of aryl methyl sites for hydroxylation is 1. The highest BCUT2D eigenvalue weighted by Gasteiger charge is 2.49. The zero-order valence-electron chi connectivity index (χ0n) is 28.4. The van der Waals surface area contributed by atoms with Gasteiger partial charge in [-0.3, -0.25) is 0 Å². The number of hydrogen-bond donors (Lipinski definition) is 1. The van der Waals surface area contributed by atoms with Crippen LogP contribution in [0, 0.1) is 18.7 Å². The first-order chi connectivity index (χ1) is 23.6. The number of carbonyl (C=O) groups is 1. The molecule has 10 nitrogen and oxygen atoms in total. The lowest BCUT2D eigenvalue weighted by Crippen LogP contribution is -2.47. The molecule has 2 aromatic carbocycles. The Bertz CT molecular complexity index is 2020. The van der Waals surface area contributed by atoms with E-state index in [-0.39, 0.29) is 36.4 Å². The van der Waals surface area contributed by atoms with E-state index >= 15 is 4.39 Å². The number of sulfone groups is 1. The minimum atomic E-state index is -4.05. The van der Waals surface area contributed by atoms with Gasteiger partial charge in [0.15, 0.2) is 9.84 Å². The van der Waals surface area contributed by atoms with E-state index in [0.717, 1.165) is 18.9 Å². The number of hydrogen-bond acceptors (Lipinski definition) is 9. The molecule has 6 rings (SSSR count). The first-order valence-corrected chi connectivity index (χ1v) is 18.4. The number of amides is 1. The lowest BCUT2D eigenvalue weighted by Gasteiger charge is -2.35. The summed E-state index contributed by atoms with van der Waals surface area (Å²) in [5, 5.41) is 4.08. The lowest BCUT2D eigenvalue weighted by atomic mass is 9.82. The maximum atomic E-state index is 15.2. The van der Waals surface area contributed by atoms with Crippen molar-refractivity contribution in [3.8, 4) is 22.9 Å². The summed E-state index contributed by atoms with van der Waals surface area (Å²) in [6, 6.07) is 11.1. The number of carbonyl (C=O) groups excluding carboxylic acids is 1. The van der Waals surface area contributed by atoms with E-state index in [9.17, 15) is 22.0 Å². The highest BCUT2D eigenvalue weighted by molar-refractivity contribution is 7.90. The van der Waals surface area contributed by atoms with Crippen LogP contribution in [0.15, 0.2) is 54.9 Å². The van der Waals surface area contributed by atoms with Crippen LogP contribution in [0.25, 0.3) is 22.0 Å². The van der Waals surface area contributed by atoms with Crippen molar-refractivity contribution >= 4 is 32.7 Å². The molecule has 0 bridgehead atoms. The third-order valence-electron chi connectivity index (χ3n) is 8.95. The summed E-state index contributed by atoms with van der Waals surface area (Å²) in [6.45, 7) is 8.32. The molecule has 0 radical (unpaired) electrons. The fraction of sp³-hybridized carbons (Fsp3) is 0.444. The number of nitrogens with one attached hydrogen (secondary N) is 1. The number of alkyl halides is 2. The summed E-state index contributed by atoms with van der Waals surface area (Å²) in [4.78, 5) is 27.9. The zero-order valence-corrected chi connectivity index (χ0v) is 29.2. The van der Waals surface area contributed by atoms with Gasteiger partial charge >= 0.3 is 6.09 Å². The van der Waals surface area contributed by atoms with Crippen molar-refractivity contribution < 1.29 is 35.9 Å². The molecule has 1 N–H and O–H groups in total. The Morgan fingerprint density at radius 2 is 1.84 bits per heavy atom. The molecule has 14 heteroatoms. The van der Waals surface area contributed by atoms with Crippen molar-refractivity contribution in [2.75, 3.05) is 24.2 Å². The number of halogens is 3. The predicted molar refractivity (Wildman–Crippen MR) is 184 cm³/mol. The molecule has 1 amide bonds. The molecule has 2 aromatic heterocycles. The number of nitrogens with zero attached hydrogens (tertiary/aromatic N) is 4. The number of fused-ring (bicyclic) bond motifs is 1. The van der Waals surface area contributed by atoms with Crippen LogP contribution in [0.5, 0.6) is 11.6 Å². The van der Waals surface area contributed by atoms with Crippen molar-refractivity contribution in [2.24, 2.45) is 5.92 Å². The van der Waals surface area contributed by atoms with Crippen LogP contribution in [-0.2, 0) is 20.3 Å². The Morgan fingerprint density at radius 1 is 1.06 bits per heavy atom. The van der Waals surface area contributed by atoms with Gasteiger partial charge in [0.05, 0.1) is 22.8 Å². The molecular formula is C36H40F3N5O5S. The number of pyridine rings is 1. The number of piperidine rings is 1. The molecule has 1 aliphatic carbocycles. The summed E-state index contributed by atoms with van der Waals surface area (Å²) >= 11 is 0. The fourth-order valence-corrected chi connectivity index (χ4v) is 8.15. The average molecular weight is 712 g/mol. The second-order valence-electron chi connectivity index (χ2n) is 14.0. The van der Waals surface area contributed by atoms with Gasteiger partial charge < -0.3 is 19.7 Å². The molecule has 1 aliphatic heterocycles. The Labute approximate surface area is 289 Å². The van der Waals surface area contributed by atoms with Crippen molar-refractivity contribution in [1.29, 1.82) is 0 Å². The minimum Gasteiger partial charge on any atom is -0.444 e. The zero-order chi connectivity index (χ0) is 35.8. The van der Waals surface area contributed by atoms with E-state index in [4.69, 9.17) is 14.5 Å². The first kappa shape index (κ1) is 35.4. The fourth-order valence-electron chi connectivity index (χ4n) is 6.27. The minimum absolute atomic E-state index is 0.0990. The molecule has 1 saturated carbocycles. The Hall–Kier alpha value is -4.46. The molecule has 4 aromatic rings.